The van der Waals surface area contributed by atoms with E-state index in [9.17, 15) is 9.59 Å². The molecule has 1 aromatic heterocycles. The maximum absolute atomic E-state index is 12.9. The molecule has 2 amide bonds. The molecule has 156 valence electrons. The SMILES string of the molecule is CCC(CC)C1CCN(C(=O)[C@@H]2CO[C@H](CNC(=O)Cc3ccnn3C)C2)C1. The lowest BCUT2D eigenvalue weighted by molar-refractivity contribution is -0.134. The number of aromatic nitrogens is 2. The number of carbonyl (C=O) groups is 2. The molecule has 1 unspecified atom stereocenters. The van der Waals surface area contributed by atoms with Gasteiger partial charge in [-0.1, -0.05) is 26.7 Å². The number of nitrogens with zero attached hydrogens (tertiary/aromatic N) is 3. The van der Waals surface area contributed by atoms with E-state index in [0.29, 0.717) is 31.9 Å². The fourth-order valence-electron chi connectivity index (χ4n) is 4.64. The number of hydrogen-bond acceptors (Lipinski definition) is 4. The number of amides is 2. The van der Waals surface area contributed by atoms with E-state index < -0.39 is 0 Å². The third kappa shape index (κ3) is 4.93. The van der Waals surface area contributed by atoms with Gasteiger partial charge in [-0.2, -0.15) is 5.10 Å². The van der Waals surface area contributed by atoms with Crippen molar-refractivity contribution < 1.29 is 14.3 Å². The molecular formula is C21H34N4O3. The molecule has 0 spiro atoms. The summed E-state index contributed by atoms with van der Waals surface area (Å²) in [5, 5.41) is 7.00. The second-order valence-electron chi connectivity index (χ2n) is 8.22. The normalized spacial score (nSPS) is 24.9. The number of likely N-dealkylation sites (tertiary alicyclic amines) is 1. The van der Waals surface area contributed by atoms with E-state index in [2.05, 4.69) is 24.3 Å². The Bertz CT molecular complexity index is 670. The van der Waals surface area contributed by atoms with E-state index in [1.165, 1.54) is 12.8 Å². The van der Waals surface area contributed by atoms with Crippen molar-refractivity contribution in [1.82, 2.24) is 20.0 Å². The van der Waals surface area contributed by atoms with Crippen LogP contribution >= 0.6 is 0 Å². The molecule has 0 bridgehead atoms. The Morgan fingerprint density at radius 2 is 2.14 bits per heavy atom. The number of nitrogens with one attached hydrogen (secondary N) is 1. The summed E-state index contributed by atoms with van der Waals surface area (Å²) in [6, 6.07) is 1.84. The molecule has 3 rings (SSSR count). The lowest BCUT2D eigenvalue weighted by atomic mass is 9.87. The first kappa shape index (κ1) is 20.8. The number of aryl methyl sites for hydroxylation is 1. The molecule has 7 heteroatoms. The quantitative estimate of drug-likeness (QED) is 0.734. The van der Waals surface area contributed by atoms with E-state index in [0.717, 1.165) is 31.1 Å². The molecule has 2 fully saturated rings. The average Bonchev–Trinajstić information content (AvgIpc) is 3.43. The molecule has 1 aromatic rings. The summed E-state index contributed by atoms with van der Waals surface area (Å²) in [6.45, 7) is 7.19. The van der Waals surface area contributed by atoms with Crippen molar-refractivity contribution in [3.8, 4) is 0 Å². The van der Waals surface area contributed by atoms with Crippen LogP contribution in [0.15, 0.2) is 12.3 Å². The van der Waals surface area contributed by atoms with Gasteiger partial charge in [-0.05, 0) is 30.7 Å². The maximum atomic E-state index is 12.9. The highest BCUT2D eigenvalue weighted by Gasteiger charge is 2.37. The molecule has 3 atom stereocenters. The zero-order valence-corrected chi connectivity index (χ0v) is 17.4. The van der Waals surface area contributed by atoms with E-state index >= 15 is 0 Å². The van der Waals surface area contributed by atoms with Crippen LogP contribution in [0, 0.1) is 17.8 Å². The Kier molecular flexibility index (Phi) is 7.10. The highest BCUT2D eigenvalue weighted by Crippen LogP contribution is 2.31. The Morgan fingerprint density at radius 1 is 1.36 bits per heavy atom. The van der Waals surface area contributed by atoms with Gasteiger partial charge in [-0.3, -0.25) is 14.3 Å². The van der Waals surface area contributed by atoms with Crippen LogP contribution in [0.25, 0.3) is 0 Å². The Labute approximate surface area is 167 Å². The minimum atomic E-state index is -0.0816. The molecule has 2 aliphatic heterocycles. The molecule has 0 radical (unpaired) electrons. The molecule has 0 aromatic carbocycles. The van der Waals surface area contributed by atoms with Crippen LogP contribution in [0.1, 0.15) is 45.2 Å². The predicted molar refractivity (Wildman–Crippen MR) is 107 cm³/mol. The first-order valence-electron chi connectivity index (χ1n) is 10.7. The van der Waals surface area contributed by atoms with Gasteiger partial charge < -0.3 is 15.0 Å². The third-order valence-electron chi connectivity index (χ3n) is 6.47. The predicted octanol–water partition coefficient (Wildman–Crippen LogP) is 1.77. The summed E-state index contributed by atoms with van der Waals surface area (Å²) < 4.78 is 7.49. The smallest absolute Gasteiger partial charge is 0.228 e. The van der Waals surface area contributed by atoms with Crippen LogP contribution in [0.2, 0.25) is 0 Å². The highest BCUT2D eigenvalue weighted by molar-refractivity contribution is 5.80. The molecule has 0 aliphatic carbocycles. The zero-order chi connectivity index (χ0) is 20.1. The first-order valence-corrected chi connectivity index (χ1v) is 10.7. The summed E-state index contributed by atoms with van der Waals surface area (Å²) in [7, 11) is 1.82. The second-order valence-corrected chi connectivity index (χ2v) is 8.22. The lowest BCUT2D eigenvalue weighted by Gasteiger charge is -2.23. The topological polar surface area (TPSA) is 76.5 Å². The Hall–Kier alpha value is -1.89. The van der Waals surface area contributed by atoms with Crippen molar-refractivity contribution in [2.75, 3.05) is 26.2 Å². The minimum Gasteiger partial charge on any atom is -0.376 e. The van der Waals surface area contributed by atoms with Gasteiger partial charge in [0.15, 0.2) is 0 Å². The van der Waals surface area contributed by atoms with E-state index in [-0.39, 0.29) is 23.8 Å². The molecule has 2 aliphatic rings. The van der Waals surface area contributed by atoms with Crippen molar-refractivity contribution in [2.45, 2.75) is 52.1 Å². The summed E-state index contributed by atoms with van der Waals surface area (Å²) in [5.41, 5.74) is 0.874. The average molecular weight is 391 g/mol. The van der Waals surface area contributed by atoms with Gasteiger partial charge in [-0.25, -0.2) is 0 Å². The van der Waals surface area contributed by atoms with Crippen molar-refractivity contribution in [3.05, 3.63) is 18.0 Å². The summed E-state index contributed by atoms with van der Waals surface area (Å²) >= 11 is 0. The number of rotatable bonds is 8. The molecular weight excluding hydrogens is 356 g/mol. The zero-order valence-electron chi connectivity index (χ0n) is 17.4. The lowest BCUT2D eigenvalue weighted by Crippen LogP contribution is -2.36. The molecule has 3 heterocycles. The second kappa shape index (κ2) is 9.54. The Morgan fingerprint density at radius 3 is 2.82 bits per heavy atom. The molecule has 1 N–H and O–H groups in total. The summed E-state index contributed by atoms with van der Waals surface area (Å²) in [4.78, 5) is 27.0. The number of carbonyl (C=O) groups excluding carboxylic acids is 2. The van der Waals surface area contributed by atoms with Gasteiger partial charge >= 0.3 is 0 Å². The molecule has 28 heavy (non-hydrogen) atoms. The van der Waals surface area contributed by atoms with Crippen molar-refractivity contribution >= 4 is 11.8 Å². The molecule has 7 nitrogen and oxygen atoms in total. The summed E-state index contributed by atoms with van der Waals surface area (Å²) in [6.07, 6.45) is 6.10. The van der Waals surface area contributed by atoms with E-state index in [4.69, 9.17) is 4.74 Å². The molecule has 2 saturated heterocycles. The van der Waals surface area contributed by atoms with Gasteiger partial charge in [0.05, 0.1) is 25.0 Å². The minimum absolute atomic E-state index is 0.0467. The van der Waals surface area contributed by atoms with Crippen LogP contribution in [-0.2, 0) is 27.8 Å². The van der Waals surface area contributed by atoms with Crippen molar-refractivity contribution in [1.29, 1.82) is 0 Å². The van der Waals surface area contributed by atoms with Gasteiger partial charge in [0.1, 0.15) is 0 Å². The highest BCUT2D eigenvalue weighted by atomic mass is 16.5. The van der Waals surface area contributed by atoms with Crippen LogP contribution in [0.3, 0.4) is 0 Å². The van der Waals surface area contributed by atoms with E-state index in [1.807, 2.05) is 18.0 Å². The van der Waals surface area contributed by atoms with Crippen LogP contribution in [-0.4, -0.2) is 58.8 Å². The van der Waals surface area contributed by atoms with Crippen molar-refractivity contribution in [3.63, 3.8) is 0 Å². The van der Waals surface area contributed by atoms with Crippen LogP contribution < -0.4 is 5.32 Å². The van der Waals surface area contributed by atoms with Gasteiger partial charge in [0.25, 0.3) is 0 Å². The van der Waals surface area contributed by atoms with Gasteiger partial charge in [0, 0.05) is 38.6 Å². The fraction of sp³-hybridized carbons (Fsp3) is 0.762. The van der Waals surface area contributed by atoms with Gasteiger partial charge in [0.2, 0.25) is 11.8 Å². The molecule has 0 saturated carbocycles. The Balaban J connectivity index is 1.40. The first-order chi connectivity index (χ1) is 13.5. The van der Waals surface area contributed by atoms with Crippen LogP contribution in [0.4, 0.5) is 0 Å². The number of ether oxygens (including phenoxy) is 1. The number of hydrogen-bond donors (Lipinski definition) is 1. The maximum Gasteiger partial charge on any atom is 0.228 e. The third-order valence-corrected chi connectivity index (χ3v) is 6.47. The standard InChI is InChI=1S/C21H34N4O3/c1-4-15(5-2)16-7-9-25(13-16)21(27)17-10-19(28-14-17)12-22-20(26)11-18-6-8-23-24(18)3/h6,8,15-17,19H,4-5,7,9-14H2,1-3H3,(H,22,26)/t16?,17-,19-/m0/s1. The largest absolute Gasteiger partial charge is 0.376 e. The fourth-order valence-corrected chi connectivity index (χ4v) is 4.64. The van der Waals surface area contributed by atoms with Gasteiger partial charge in [-0.15, -0.1) is 0 Å². The summed E-state index contributed by atoms with van der Waals surface area (Å²) in [5.74, 6) is 1.48. The van der Waals surface area contributed by atoms with Crippen molar-refractivity contribution in [2.24, 2.45) is 24.8 Å². The van der Waals surface area contributed by atoms with E-state index in [1.54, 1.807) is 10.9 Å². The monoisotopic (exact) mass is 390 g/mol. The van der Waals surface area contributed by atoms with Crippen LogP contribution in [0.5, 0.6) is 0 Å².